The van der Waals surface area contributed by atoms with Crippen LogP contribution in [0.5, 0.6) is 11.5 Å². The van der Waals surface area contributed by atoms with Gasteiger partial charge in [0.05, 0.1) is 11.7 Å². The zero-order valence-corrected chi connectivity index (χ0v) is 25.1. The number of ether oxygens (including phenoxy) is 1. The largest absolute Gasteiger partial charge is 0.464 e. The Hall–Kier alpha value is -6.33. The fourth-order valence-corrected chi connectivity index (χ4v) is 7.43. The van der Waals surface area contributed by atoms with Gasteiger partial charge in [-0.2, -0.15) is 0 Å². The van der Waals surface area contributed by atoms with Gasteiger partial charge in [-0.05, 0) is 64.7 Å². The van der Waals surface area contributed by atoms with Crippen molar-refractivity contribution in [3.63, 3.8) is 0 Å². The quantitative estimate of drug-likeness (QED) is 0.201. The van der Waals surface area contributed by atoms with Gasteiger partial charge < -0.3 is 9.15 Å². The second-order valence-corrected chi connectivity index (χ2v) is 12.0. The molecule has 0 bridgehead atoms. The zero-order valence-electron chi connectivity index (χ0n) is 25.1. The standard InChI is InChI=1S/C42H25N3O2/c1-3-11-26(12-4-1)39-43-40(27-13-5-2-6-14-27)45-41(44-39)29-19-20-37-35(24-29)42(33-17-9-10-18-36(33)47-37)32-16-8-7-15-30(32)31-23-28-21-22-46-38(28)25-34(31)42/h1-25H. The molecule has 8 aromatic rings. The molecule has 1 aliphatic carbocycles. The number of furan rings is 1. The van der Waals surface area contributed by atoms with Crippen LogP contribution < -0.4 is 4.74 Å². The minimum Gasteiger partial charge on any atom is -0.464 e. The molecular formula is C42H25N3O2. The molecule has 0 radical (unpaired) electrons. The topological polar surface area (TPSA) is 61.0 Å². The highest BCUT2D eigenvalue weighted by atomic mass is 16.5. The Labute approximate surface area is 270 Å². The maximum Gasteiger partial charge on any atom is 0.164 e. The summed E-state index contributed by atoms with van der Waals surface area (Å²) < 4.78 is 12.7. The third kappa shape index (κ3) is 3.74. The molecular weight excluding hydrogens is 578 g/mol. The second-order valence-electron chi connectivity index (χ2n) is 12.0. The van der Waals surface area contributed by atoms with E-state index < -0.39 is 5.41 Å². The van der Waals surface area contributed by atoms with Crippen molar-refractivity contribution in [2.24, 2.45) is 0 Å². The van der Waals surface area contributed by atoms with Crippen LogP contribution in [-0.4, -0.2) is 15.0 Å². The Morgan fingerprint density at radius 2 is 1.04 bits per heavy atom. The number of hydrogen-bond acceptors (Lipinski definition) is 5. The lowest BCUT2D eigenvalue weighted by molar-refractivity contribution is 0.436. The summed E-state index contributed by atoms with van der Waals surface area (Å²) in [6, 6.07) is 50.0. The molecule has 1 unspecified atom stereocenters. The van der Waals surface area contributed by atoms with Crippen molar-refractivity contribution in [2.75, 3.05) is 0 Å². The van der Waals surface area contributed by atoms with E-state index in [-0.39, 0.29) is 0 Å². The van der Waals surface area contributed by atoms with Crippen molar-refractivity contribution in [3.05, 3.63) is 174 Å². The van der Waals surface area contributed by atoms with Gasteiger partial charge in [0.25, 0.3) is 0 Å². The van der Waals surface area contributed by atoms with E-state index in [1.807, 2.05) is 72.8 Å². The van der Waals surface area contributed by atoms with E-state index in [1.54, 1.807) is 6.26 Å². The van der Waals surface area contributed by atoms with Gasteiger partial charge in [0, 0.05) is 33.2 Å². The Morgan fingerprint density at radius 3 is 1.79 bits per heavy atom. The second kappa shape index (κ2) is 9.83. The molecule has 2 aromatic heterocycles. The van der Waals surface area contributed by atoms with E-state index >= 15 is 0 Å². The van der Waals surface area contributed by atoms with E-state index in [1.165, 1.54) is 22.3 Å². The molecule has 0 amide bonds. The van der Waals surface area contributed by atoms with Crippen LogP contribution in [0.25, 0.3) is 56.3 Å². The SMILES string of the molecule is c1ccc(-c2nc(-c3ccccc3)nc(-c3ccc4c(c3)C3(c5ccccc5O4)c4ccccc4-c4cc5ccoc5cc43)n2)cc1. The number of benzene rings is 6. The van der Waals surface area contributed by atoms with E-state index in [0.29, 0.717) is 17.5 Å². The highest BCUT2D eigenvalue weighted by molar-refractivity contribution is 5.95. The maximum atomic E-state index is 6.67. The molecule has 10 rings (SSSR count). The molecule has 6 aromatic carbocycles. The minimum absolute atomic E-state index is 0.600. The molecule has 1 spiro atoms. The van der Waals surface area contributed by atoms with Crippen molar-refractivity contribution < 1.29 is 9.15 Å². The number of hydrogen-bond donors (Lipinski definition) is 0. The maximum absolute atomic E-state index is 6.67. The van der Waals surface area contributed by atoms with Gasteiger partial charge in [-0.3, -0.25) is 0 Å². The predicted octanol–water partition coefficient (Wildman–Crippen LogP) is 10.1. The first-order valence-electron chi connectivity index (χ1n) is 15.7. The number of nitrogens with zero attached hydrogens (tertiary/aromatic N) is 3. The van der Waals surface area contributed by atoms with Gasteiger partial charge in [0.1, 0.15) is 17.1 Å². The number of para-hydroxylation sites is 1. The molecule has 1 aliphatic heterocycles. The van der Waals surface area contributed by atoms with Gasteiger partial charge in [0.2, 0.25) is 0 Å². The van der Waals surface area contributed by atoms with Gasteiger partial charge in [-0.1, -0.05) is 103 Å². The molecule has 1 atom stereocenters. The first kappa shape index (κ1) is 25.9. The number of aromatic nitrogens is 3. The first-order valence-corrected chi connectivity index (χ1v) is 15.7. The molecule has 0 fully saturated rings. The van der Waals surface area contributed by atoms with Gasteiger partial charge in [-0.25, -0.2) is 15.0 Å². The van der Waals surface area contributed by atoms with Crippen LogP contribution in [0.2, 0.25) is 0 Å². The lowest BCUT2D eigenvalue weighted by Gasteiger charge is -2.39. The van der Waals surface area contributed by atoms with Crippen molar-refractivity contribution >= 4 is 11.0 Å². The third-order valence-corrected chi connectivity index (χ3v) is 9.47. The normalized spacial score (nSPS) is 15.5. The minimum atomic E-state index is -0.648. The lowest BCUT2D eigenvalue weighted by Crippen LogP contribution is -2.32. The van der Waals surface area contributed by atoms with Crippen LogP contribution in [-0.2, 0) is 5.41 Å². The molecule has 3 heterocycles. The van der Waals surface area contributed by atoms with Crippen LogP contribution in [0, 0.1) is 0 Å². The summed E-state index contributed by atoms with van der Waals surface area (Å²) in [6.07, 6.45) is 1.76. The Bertz CT molecular complexity index is 2450. The highest BCUT2D eigenvalue weighted by Crippen LogP contribution is 2.62. The van der Waals surface area contributed by atoms with Gasteiger partial charge in [-0.15, -0.1) is 0 Å². The van der Waals surface area contributed by atoms with E-state index in [0.717, 1.165) is 50.3 Å². The van der Waals surface area contributed by atoms with E-state index in [9.17, 15) is 0 Å². The predicted molar refractivity (Wildman–Crippen MR) is 183 cm³/mol. The summed E-state index contributed by atoms with van der Waals surface area (Å²) in [5.41, 5.74) is 9.86. The first-order chi connectivity index (χ1) is 23.3. The average molecular weight is 604 g/mol. The fraction of sp³-hybridized carbons (Fsp3) is 0.0238. The summed E-state index contributed by atoms with van der Waals surface area (Å²) in [5, 5.41) is 1.08. The summed E-state index contributed by atoms with van der Waals surface area (Å²) >= 11 is 0. The molecule has 5 heteroatoms. The van der Waals surface area contributed by atoms with Crippen molar-refractivity contribution in [1.82, 2.24) is 15.0 Å². The Balaban J connectivity index is 1.27. The summed E-state index contributed by atoms with van der Waals surface area (Å²) in [7, 11) is 0. The molecule has 0 saturated carbocycles. The molecule has 2 aliphatic rings. The van der Waals surface area contributed by atoms with E-state index in [2.05, 4.69) is 72.8 Å². The van der Waals surface area contributed by atoms with Crippen molar-refractivity contribution in [1.29, 1.82) is 0 Å². The molecule has 47 heavy (non-hydrogen) atoms. The van der Waals surface area contributed by atoms with Gasteiger partial charge in [0.15, 0.2) is 17.5 Å². The molecule has 0 N–H and O–H groups in total. The monoisotopic (exact) mass is 603 g/mol. The van der Waals surface area contributed by atoms with Crippen LogP contribution in [0.1, 0.15) is 22.3 Å². The summed E-state index contributed by atoms with van der Waals surface area (Å²) in [4.78, 5) is 15.0. The summed E-state index contributed by atoms with van der Waals surface area (Å²) in [5.74, 6) is 3.49. The van der Waals surface area contributed by atoms with Gasteiger partial charge >= 0.3 is 0 Å². The van der Waals surface area contributed by atoms with Crippen LogP contribution in [0.3, 0.4) is 0 Å². The van der Waals surface area contributed by atoms with Crippen LogP contribution >= 0.6 is 0 Å². The number of fused-ring (bicyclic) bond motifs is 10. The third-order valence-electron chi connectivity index (χ3n) is 9.47. The van der Waals surface area contributed by atoms with Crippen LogP contribution in [0.15, 0.2) is 156 Å². The van der Waals surface area contributed by atoms with Crippen molar-refractivity contribution in [3.8, 4) is 56.8 Å². The lowest BCUT2D eigenvalue weighted by atomic mass is 9.66. The smallest absolute Gasteiger partial charge is 0.164 e. The number of rotatable bonds is 3. The Morgan fingerprint density at radius 1 is 0.426 bits per heavy atom. The average Bonchev–Trinajstić information content (AvgIpc) is 3.72. The van der Waals surface area contributed by atoms with Crippen LogP contribution in [0.4, 0.5) is 0 Å². The fourth-order valence-electron chi connectivity index (χ4n) is 7.43. The summed E-state index contributed by atoms with van der Waals surface area (Å²) in [6.45, 7) is 0. The highest BCUT2D eigenvalue weighted by Gasteiger charge is 2.51. The molecule has 5 nitrogen and oxygen atoms in total. The van der Waals surface area contributed by atoms with E-state index in [4.69, 9.17) is 24.1 Å². The Kier molecular flexibility index (Phi) is 5.43. The molecule has 0 saturated heterocycles. The molecule has 220 valence electrons. The zero-order chi connectivity index (χ0) is 31.0. The van der Waals surface area contributed by atoms with Crippen molar-refractivity contribution in [2.45, 2.75) is 5.41 Å².